The van der Waals surface area contributed by atoms with Crippen LogP contribution in [0.3, 0.4) is 0 Å². The minimum Gasteiger partial charge on any atom is -0.494 e. The quantitative estimate of drug-likeness (QED) is 0.937. The zero-order valence-electron chi connectivity index (χ0n) is 10.9. The number of benzene rings is 1. The van der Waals surface area contributed by atoms with Crippen LogP contribution in [0.1, 0.15) is 16.1 Å². The van der Waals surface area contributed by atoms with Crippen LogP contribution in [0.5, 0.6) is 5.75 Å². The third-order valence-corrected chi connectivity index (χ3v) is 2.95. The molecular formula is C14H12F2N2O2. The molecule has 2 aromatic rings. The minimum atomic E-state index is -0.985. The summed E-state index contributed by atoms with van der Waals surface area (Å²) in [5, 5.41) is 0. The first kappa shape index (κ1) is 13.9. The fraction of sp³-hybridized carbons (Fsp3) is 0.143. The molecule has 2 N–H and O–H groups in total. The molecule has 0 atom stereocenters. The van der Waals surface area contributed by atoms with E-state index < -0.39 is 17.5 Å². The van der Waals surface area contributed by atoms with Crippen LogP contribution in [0.2, 0.25) is 0 Å². The summed E-state index contributed by atoms with van der Waals surface area (Å²) in [6.07, 6.45) is 1.32. The Balaban J connectivity index is 2.73. The van der Waals surface area contributed by atoms with Gasteiger partial charge in [0.25, 0.3) is 5.91 Å². The fourth-order valence-corrected chi connectivity index (χ4v) is 2.00. The summed E-state index contributed by atoms with van der Waals surface area (Å²) in [6, 6.07) is 3.44. The molecule has 4 nitrogen and oxygen atoms in total. The standard InChI is InChI=1S/C14H12F2N2O2/c1-7-12(8-3-4-9(15)10(16)5-8)11(20-2)6-18-13(7)14(17)19/h3-6H,1-2H3,(H2,17,19). The number of primary amides is 1. The van der Waals surface area contributed by atoms with Crippen molar-refractivity contribution in [3.05, 3.63) is 47.3 Å². The number of pyridine rings is 1. The lowest BCUT2D eigenvalue weighted by Gasteiger charge is -2.13. The Morgan fingerprint density at radius 1 is 1.30 bits per heavy atom. The predicted octanol–water partition coefficient (Wildman–Crippen LogP) is 2.44. The van der Waals surface area contributed by atoms with Gasteiger partial charge in [-0.05, 0) is 30.2 Å². The third-order valence-electron chi connectivity index (χ3n) is 2.95. The van der Waals surface area contributed by atoms with E-state index in [1.807, 2.05) is 0 Å². The smallest absolute Gasteiger partial charge is 0.267 e. The first-order chi connectivity index (χ1) is 9.45. The first-order valence-electron chi connectivity index (χ1n) is 5.74. The number of rotatable bonds is 3. The van der Waals surface area contributed by atoms with Gasteiger partial charge in [0.15, 0.2) is 11.6 Å². The average Bonchev–Trinajstić information content (AvgIpc) is 2.41. The summed E-state index contributed by atoms with van der Waals surface area (Å²) in [5.41, 5.74) is 6.57. The highest BCUT2D eigenvalue weighted by Gasteiger charge is 2.18. The molecule has 104 valence electrons. The van der Waals surface area contributed by atoms with Gasteiger partial charge in [-0.15, -0.1) is 0 Å². The van der Waals surface area contributed by atoms with Gasteiger partial charge >= 0.3 is 0 Å². The van der Waals surface area contributed by atoms with Crippen molar-refractivity contribution in [3.63, 3.8) is 0 Å². The number of ether oxygens (including phenoxy) is 1. The highest BCUT2D eigenvalue weighted by atomic mass is 19.2. The number of nitrogens with zero attached hydrogens (tertiary/aromatic N) is 1. The second kappa shape index (κ2) is 5.24. The van der Waals surface area contributed by atoms with E-state index in [2.05, 4.69) is 4.98 Å². The molecular weight excluding hydrogens is 266 g/mol. The topological polar surface area (TPSA) is 65.2 Å². The summed E-state index contributed by atoms with van der Waals surface area (Å²) in [5.74, 6) is -2.29. The monoisotopic (exact) mass is 278 g/mol. The lowest BCUT2D eigenvalue weighted by atomic mass is 9.98. The molecule has 0 spiro atoms. The summed E-state index contributed by atoms with van der Waals surface area (Å²) in [7, 11) is 1.42. The number of methoxy groups -OCH3 is 1. The summed E-state index contributed by atoms with van der Waals surface area (Å²) in [6.45, 7) is 1.62. The molecule has 0 fully saturated rings. The number of hydrogen-bond acceptors (Lipinski definition) is 3. The normalized spacial score (nSPS) is 10.4. The van der Waals surface area contributed by atoms with Crippen LogP contribution >= 0.6 is 0 Å². The second-order valence-corrected chi connectivity index (χ2v) is 4.17. The number of carbonyl (C=O) groups excluding carboxylic acids is 1. The van der Waals surface area contributed by atoms with Crippen molar-refractivity contribution in [2.45, 2.75) is 6.92 Å². The first-order valence-corrected chi connectivity index (χ1v) is 5.74. The maximum atomic E-state index is 13.4. The van der Waals surface area contributed by atoms with Gasteiger partial charge in [-0.3, -0.25) is 4.79 Å². The Labute approximate surface area is 114 Å². The molecule has 0 saturated heterocycles. The van der Waals surface area contributed by atoms with Gasteiger partial charge < -0.3 is 10.5 Å². The number of halogens is 2. The fourth-order valence-electron chi connectivity index (χ4n) is 2.00. The lowest BCUT2D eigenvalue weighted by molar-refractivity contribution is 0.0995. The van der Waals surface area contributed by atoms with E-state index in [9.17, 15) is 13.6 Å². The van der Waals surface area contributed by atoms with Crippen molar-refractivity contribution in [2.75, 3.05) is 7.11 Å². The maximum absolute atomic E-state index is 13.4. The van der Waals surface area contributed by atoms with Crippen LogP contribution in [0.4, 0.5) is 8.78 Å². The zero-order valence-corrected chi connectivity index (χ0v) is 10.9. The number of amides is 1. The van der Waals surface area contributed by atoms with E-state index >= 15 is 0 Å². The van der Waals surface area contributed by atoms with Crippen molar-refractivity contribution in [1.29, 1.82) is 0 Å². The number of nitrogens with two attached hydrogens (primary N) is 1. The van der Waals surface area contributed by atoms with E-state index in [1.54, 1.807) is 6.92 Å². The van der Waals surface area contributed by atoms with Crippen molar-refractivity contribution < 1.29 is 18.3 Å². The Morgan fingerprint density at radius 2 is 2.00 bits per heavy atom. The molecule has 0 aliphatic heterocycles. The highest BCUT2D eigenvalue weighted by molar-refractivity contribution is 5.95. The van der Waals surface area contributed by atoms with Crippen LogP contribution in [0.25, 0.3) is 11.1 Å². The Hall–Kier alpha value is -2.50. The molecule has 2 rings (SSSR count). The molecule has 1 aromatic carbocycles. The maximum Gasteiger partial charge on any atom is 0.267 e. The largest absolute Gasteiger partial charge is 0.494 e. The molecule has 1 aromatic heterocycles. The molecule has 0 aliphatic rings. The van der Waals surface area contributed by atoms with Crippen molar-refractivity contribution >= 4 is 5.91 Å². The highest BCUT2D eigenvalue weighted by Crippen LogP contribution is 2.34. The molecule has 0 unspecified atom stereocenters. The third kappa shape index (κ3) is 2.32. The summed E-state index contributed by atoms with van der Waals surface area (Å²) >= 11 is 0. The van der Waals surface area contributed by atoms with Gasteiger partial charge in [0, 0.05) is 5.56 Å². The number of hydrogen-bond donors (Lipinski definition) is 1. The number of aromatic nitrogens is 1. The van der Waals surface area contributed by atoms with Gasteiger partial charge in [-0.1, -0.05) is 6.07 Å². The molecule has 0 saturated carbocycles. The predicted molar refractivity (Wildman–Crippen MR) is 69.4 cm³/mol. The van der Waals surface area contributed by atoms with E-state index in [4.69, 9.17) is 10.5 Å². The Morgan fingerprint density at radius 3 is 2.55 bits per heavy atom. The zero-order chi connectivity index (χ0) is 14.9. The summed E-state index contributed by atoms with van der Waals surface area (Å²) in [4.78, 5) is 15.2. The Kier molecular flexibility index (Phi) is 3.65. The molecule has 0 radical (unpaired) electrons. The van der Waals surface area contributed by atoms with E-state index in [0.717, 1.165) is 12.1 Å². The number of carbonyl (C=O) groups is 1. The van der Waals surface area contributed by atoms with E-state index in [0.29, 0.717) is 22.4 Å². The van der Waals surface area contributed by atoms with Gasteiger partial charge in [-0.25, -0.2) is 13.8 Å². The molecule has 1 amide bonds. The van der Waals surface area contributed by atoms with Gasteiger partial charge in [0.05, 0.1) is 13.3 Å². The van der Waals surface area contributed by atoms with E-state index in [-0.39, 0.29) is 5.69 Å². The molecule has 1 heterocycles. The summed E-state index contributed by atoms with van der Waals surface area (Å²) < 4.78 is 31.5. The molecule has 0 bridgehead atoms. The SMILES string of the molecule is COc1cnc(C(N)=O)c(C)c1-c1ccc(F)c(F)c1. The minimum absolute atomic E-state index is 0.0607. The van der Waals surface area contributed by atoms with Crippen LogP contribution in [0, 0.1) is 18.6 Å². The van der Waals surface area contributed by atoms with Crippen molar-refractivity contribution in [3.8, 4) is 16.9 Å². The van der Waals surface area contributed by atoms with Gasteiger partial charge in [0.2, 0.25) is 0 Å². The molecule has 6 heteroatoms. The van der Waals surface area contributed by atoms with Crippen LogP contribution in [0.15, 0.2) is 24.4 Å². The Bertz CT molecular complexity index is 687. The van der Waals surface area contributed by atoms with E-state index in [1.165, 1.54) is 19.4 Å². The van der Waals surface area contributed by atoms with Crippen LogP contribution < -0.4 is 10.5 Å². The van der Waals surface area contributed by atoms with Crippen LogP contribution in [-0.4, -0.2) is 18.0 Å². The second-order valence-electron chi connectivity index (χ2n) is 4.17. The lowest BCUT2D eigenvalue weighted by Crippen LogP contribution is -2.15. The van der Waals surface area contributed by atoms with Crippen molar-refractivity contribution in [1.82, 2.24) is 4.98 Å². The van der Waals surface area contributed by atoms with Gasteiger partial charge in [-0.2, -0.15) is 0 Å². The van der Waals surface area contributed by atoms with Crippen molar-refractivity contribution in [2.24, 2.45) is 5.73 Å². The molecule has 0 aliphatic carbocycles. The molecule has 20 heavy (non-hydrogen) atoms. The van der Waals surface area contributed by atoms with Crippen LogP contribution in [-0.2, 0) is 0 Å². The van der Waals surface area contributed by atoms with Gasteiger partial charge in [0.1, 0.15) is 11.4 Å². The average molecular weight is 278 g/mol.